The molecule has 0 bridgehead atoms. The zero-order valence-corrected chi connectivity index (χ0v) is 12.2. The minimum atomic E-state index is -0.0742. The maximum absolute atomic E-state index is 6.28. The number of hydrogen-bond donors (Lipinski definition) is 1. The second kappa shape index (κ2) is 4.97. The summed E-state index contributed by atoms with van der Waals surface area (Å²) in [6.07, 6.45) is 0. The lowest BCUT2D eigenvalue weighted by molar-refractivity contribution is 0.631. The van der Waals surface area contributed by atoms with Crippen molar-refractivity contribution >= 4 is 22.6 Å². The summed E-state index contributed by atoms with van der Waals surface area (Å²) in [7, 11) is 0. The van der Waals surface area contributed by atoms with Crippen molar-refractivity contribution < 1.29 is 4.42 Å². The van der Waals surface area contributed by atoms with E-state index in [0.29, 0.717) is 5.02 Å². The van der Waals surface area contributed by atoms with E-state index in [2.05, 4.69) is 13.0 Å². The van der Waals surface area contributed by atoms with E-state index < -0.39 is 0 Å². The van der Waals surface area contributed by atoms with Crippen molar-refractivity contribution in [3.05, 3.63) is 58.6 Å². The molecule has 1 unspecified atom stereocenters. The van der Waals surface area contributed by atoms with Crippen molar-refractivity contribution in [2.45, 2.75) is 19.9 Å². The predicted octanol–water partition coefficient (Wildman–Crippen LogP) is 5.08. The van der Waals surface area contributed by atoms with E-state index in [1.54, 1.807) is 0 Å². The zero-order valence-electron chi connectivity index (χ0n) is 11.5. The topological polar surface area (TPSA) is 39.2 Å². The Balaban J connectivity index is 2.08. The van der Waals surface area contributed by atoms with Gasteiger partial charge in [0.05, 0.1) is 0 Å². The summed E-state index contributed by atoms with van der Waals surface area (Å²) in [5, 5.41) is 1.78. The quantitative estimate of drug-likeness (QED) is 0.713. The molecule has 102 valence electrons. The van der Waals surface area contributed by atoms with Gasteiger partial charge in [0.25, 0.3) is 0 Å². The molecule has 1 heterocycles. The number of nitrogens with two attached hydrogens (primary N) is 1. The van der Waals surface area contributed by atoms with Crippen LogP contribution in [-0.2, 0) is 0 Å². The summed E-state index contributed by atoms with van der Waals surface area (Å²) in [4.78, 5) is 0. The molecule has 2 N–H and O–H groups in total. The van der Waals surface area contributed by atoms with Gasteiger partial charge in [0.15, 0.2) is 0 Å². The van der Waals surface area contributed by atoms with Crippen molar-refractivity contribution in [3.63, 3.8) is 0 Å². The first kappa shape index (κ1) is 13.2. The molecular weight excluding hydrogens is 270 g/mol. The van der Waals surface area contributed by atoms with Crippen molar-refractivity contribution in [2.75, 3.05) is 0 Å². The molecule has 3 aromatic rings. The van der Waals surface area contributed by atoms with E-state index in [9.17, 15) is 0 Å². The minimum absolute atomic E-state index is 0.0742. The Hall–Kier alpha value is -1.77. The molecule has 1 aromatic heterocycles. The van der Waals surface area contributed by atoms with Crippen LogP contribution in [0.5, 0.6) is 0 Å². The first-order valence-corrected chi connectivity index (χ1v) is 6.98. The molecule has 0 aliphatic rings. The van der Waals surface area contributed by atoms with Gasteiger partial charge in [-0.15, -0.1) is 0 Å². The molecule has 0 aliphatic carbocycles. The molecule has 0 amide bonds. The number of rotatable bonds is 2. The van der Waals surface area contributed by atoms with E-state index in [-0.39, 0.29) is 6.04 Å². The first-order chi connectivity index (χ1) is 9.54. The van der Waals surface area contributed by atoms with Crippen LogP contribution in [0.25, 0.3) is 22.3 Å². The Morgan fingerprint density at radius 2 is 1.90 bits per heavy atom. The molecule has 2 aromatic carbocycles. The van der Waals surface area contributed by atoms with Gasteiger partial charge in [-0.2, -0.15) is 0 Å². The van der Waals surface area contributed by atoms with Gasteiger partial charge in [-0.25, -0.2) is 0 Å². The van der Waals surface area contributed by atoms with Crippen LogP contribution in [-0.4, -0.2) is 0 Å². The molecule has 20 heavy (non-hydrogen) atoms. The van der Waals surface area contributed by atoms with Gasteiger partial charge >= 0.3 is 0 Å². The van der Waals surface area contributed by atoms with Crippen LogP contribution in [0.15, 0.2) is 46.9 Å². The molecule has 0 aliphatic heterocycles. The lowest BCUT2D eigenvalue weighted by atomic mass is 10.1. The Labute approximate surface area is 123 Å². The van der Waals surface area contributed by atoms with Gasteiger partial charge in [-0.1, -0.05) is 35.4 Å². The normalized spacial score (nSPS) is 12.8. The van der Waals surface area contributed by atoms with E-state index in [1.165, 1.54) is 5.56 Å². The number of benzene rings is 2. The molecule has 2 nitrogen and oxygen atoms in total. The number of hydrogen-bond acceptors (Lipinski definition) is 2. The molecule has 3 rings (SSSR count). The van der Waals surface area contributed by atoms with Crippen molar-refractivity contribution in [1.29, 1.82) is 0 Å². The summed E-state index contributed by atoms with van der Waals surface area (Å²) in [6, 6.07) is 14.0. The number of fused-ring (bicyclic) bond motifs is 1. The largest absolute Gasteiger partial charge is 0.456 e. The molecular formula is C17H16ClNO. The van der Waals surface area contributed by atoms with Gasteiger partial charge in [-0.3, -0.25) is 0 Å². The molecule has 3 heteroatoms. The number of furan rings is 1. The molecule has 1 atom stereocenters. The van der Waals surface area contributed by atoms with Crippen LogP contribution in [0, 0.1) is 6.92 Å². The fourth-order valence-electron chi connectivity index (χ4n) is 2.35. The maximum Gasteiger partial charge on any atom is 0.135 e. The number of halogens is 1. The highest BCUT2D eigenvalue weighted by Crippen LogP contribution is 2.32. The van der Waals surface area contributed by atoms with Crippen LogP contribution in [0.3, 0.4) is 0 Å². The Morgan fingerprint density at radius 3 is 2.60 bits per heavy atom. The third-order valence-electron chi connectivity index (χ3n) is 3.45. The SMILES string of the molecule is Cc1ccc2oc(-c3ccc(C(C)N)c(Cl)c3)cc2c1. The van der Waals surface area contributed by atoms with Crippen LogP contribution >= 0.6 is 11.6 Å². The molecule has 0 spiro atoms. The minimum Gasteiger partial charge on any atom is -0.456 e. The van der Waals surface area contributed by atoms with Gasteiger partial charge < -0.3 is 10.2 Å². The van der Waals surface area contributed by atoms with Gasteiger partial charge in [-0.05, 0) is 43.7 Å². The Kier molecular flexibility index (Phi) is 3.28. The summed E-state index contributed by atoms with van der Waals surface area (Å²) >= 11 is 6.28. The second-order valence-corrected chi connectivity index (χ2v) is 5.58. The van der Waals surface area contributed by atoms with Crippen LogP contribution in [0.4, 0.5) is 0 Å². The second-order valence-electron chi connectivity index (χ2n) is 5.18. The van der Waals surface area contributed by atoms with Crippen LogP contribution in [0.1, 0.15) is 24.1 Å². The summed E-state index contributed by atoms with van der Waals surface area (Å²) in [6.45, 7) is 3.99. The zero-order chi connectivity index (χ0) is 14.3. The Bertz CT molecular complexity index is 774. The van der Waals surface area contributed by atoms with Crippen molar-refractivity contribution in [2.24, 2.45) is 5.73 Å². The first-order valence-electron chi connectivity index (χ1n) is 6.60. The van der Waals surface area contributed by atoms with Gasteiger partial charge in [0.2, 0.25) is 0 Å². The third kappa shape index (κ3) is 2.33. The highest BCUT2D eigenvalue weighted by atomic mass is 35.5. The van der Waals surface area contributed by atoms with Crippen molar-refractivity contribution in [3.8, 4) is 11.3 Å². The summed E-state index contributed by atoms with van der Waals surface area (Å²) in [5.41, 5.74) is 9.89. The smallest absolute Gasteiger partial charge is 0.135 e. The fraction of sp³-hybridized carbons (Fsp3) is 0.176. The lowest BCUT2D eigenvalue weighted by Crippen LogP contribution is -2.05. The van der Waals surface area contributed by atoms with E-state index >= 15 is 0 Å². The average Bonchev–Trinajstić information content (AvgIpc) is 2.81. The van der Waals surface area contributed by atoms with E-state index in [0.717, 1.165) is 27.9 Å². The van der Waals surface area contributed by atoms with E-state index in [1.807, 2.05) is 43.3 Å². The number of aryl methyl sites for hydroxylation is 1. The fourth-order valence-corrected chi connectivity index (χ4v) is 2.71. The predicted molar refractivity (Wildman–Crippen MR) is 84.0 cm³/mol. The molecule has 0 fully saturated rings. The van der Waals surface area contributed by atoms with Crippen LogP contribution in [0.2, 0.25) is 5.02 Å². The highest BCUT2D eigenvalue weighted by molar-refractivity contribution is 6.31. The standard InChI is InChI=1S/C17H16ClNO/c1-10-3-6-16-13(7-10)9-17(20-16)12-4-5-14(11(2)19)15(18)8-12/h3-9,11H,19H2,1-2H3. The third-order valence-corrected chi connectivity index (χ3v) is 3.77. The lowest BCUT2D eigenvalue weighted by Gasteiger charge is -2.08. The molecule has 0 saturated heterocycles. The highest BCUT2D eigenvalue weighted by Gasteiger charge is 2.10. The average molecular weight is 286 g/mol. The Morgan fingerprint density at radius 1 is 1.10 bits per heavy atom. The van der Waals surface area contributed by atoms with Crippen molar-refractivity contribution in [1.82, 2.24) is 0 Å². The van der Waals surface area contributed by atoms with E-state index in [4.69, 9.17) is 21.8 Å². The summed E-state index contributed by atoms with van der Waals surface area (Å²) < 4.78 is 5.87. The molecule has 0 radical (unpaired) electrons. The monoisotopic (exact) mass is 285 g/mol. The van der Waals surface area contributed by atoms with Crippen LogP contribution < -0.4 is 5.73 Å². The van der Waals surface area contributed by atoms with Gasteiger partial charge in [0, 0.05) is 22.0 Å². The van der Waals surface area contributed by atoms with Gasteiger partial charge in [0.1, 0.15) is 11.3 Å². The summed E-state index contributed by atoms with van der Waals surface area (Å²) in [5.74, 6) is 0.823. The molecule has 0 saturated carbocycles. The maximum atomic E-state index is 6.28.